The molecule has 0 heterocycles. The number of nitrogens with zero attached hydrogens (tertiary/aromatic N) is 1. The maximum atomic E-state index is 8.77. The molecule has 0 aliphatic rings. The van der Waals surface area contributed by atoms with Crippen LogP contribution in [0.3, 0.4) is 0 Å². The van der Waals surface area contributed by atoms with Crippen molar-refractivity contribution in [1.82, 2.24) is 0 Å². The zero-order valence-electron chi connectivity index (χ0n) is 10.0. The van der Waals surface area contributed by atoms with Gasteiger partial charge in [0.05, 0.1) is 11.6 Å². The number of nitrogens with one attached hydrogen (secondary N) is 1. The molecule has 18 heavy (non-hydrogen) atoms. The predicted octanol–water partition coefficient (Wildman–Crippen LogP) is 4.34. The second-order valence-corrected chi connectivity index (χ2v) is 5.24. The van der Waals surface area contributed by atoms with Crippen LogP contribution in [0.5, 0.6) is 0 Å². The first kappa shape index (κ1) is 12.9. The summed E-state index contributed by atoms with van der Waals surface area (Å²) in [7, 11) is 0. The van der Waals surface area contributed by atoms with Gasteiger partial charge in [0.2, 0.25) is 0 Å². The smallest absolute Gasteiger partial charge is 0.0991 e. The molecule has 2 rings (SSSR count). The minimum atomic E-state index is 0.216. The molecule has 0 fully saturated rings. The number of hydrogen-bond acceptors (Lipinski definition) is 2. The second-order valence-electron chi connectivity index (χ2n) is 4.08. The van der Waals surface area contributed by atoms with Crippen LogP contribution in [0.15, 0.2) is 48.5 Å². The standard InChI is InChI=1S/C15H13IN2/c1-11(13-8-6-12(10-17)7-9-13)18-15-5-3-2-4-14(15)16/h2-9,11,18H,1H3. The average Bonchev–Trinajstić information content (AvgIpc) is 2.41. The quantitative estimate of drug-likeness (QED) is 0.838. The van der Waals surface area contributed by atoms with Crippen LogP contribution in [0.2, 0.25) is 0 Å². The fourth-order valence-electron chi connectivity index (χ4n) is 1.74. The van der Waals surface area contributed by atoms with E-state index in [0.717, 1.165) is 5.69 Å². The molecule has 1 N–H and O–H groups in total. The Morgan fingerprint density at radius 2 is 1.78 bits per heavy atom. The summed E-state index contributed by atoms with van der Waals surface area (Å²) in [4.78, 5) is 0. The Morgan fingerprint density at radius 3 is 2.39 bits per heavy atom. The van der Waals surface area contributed by atoms with Crippen LogP contribution in [0.4, 0.5) is 5.69 Å². The largest absolute Gasteiger partial charge is 0.378 e. The lowest BCUT2D eigenvalue weighted by atomic mass is 10.1. The molecule has 1 atom stereocenters. The molecule has 2 aromatic carbocycles. The normalized spacial score (nSPS) is 11.6. The lowest BCUT2D eigenvalue weighted by Gasteiger charge is -2.16. The second kappa shape index (κ2) is 5.87. The van der Waals surface area contributed by atoms with E-state index in [1.54, 1.807) is 0 Å². The van der Waals surface area contributed by atoms with E-state index in [-0.39, 0.29) is 6.04 Å². The van der Waals surface area contributed by atoms with Gasteiger partial charge in [0, 0.05) is 15.3 Å². The summed E-state index contributed by atoms with van der Waals surface area (Å²) < 4.78 is 1.20. The first-order valence-electron chi connectivity index (χ1n) is 5.72. The van der Waals surface area contributed by atoms with Crippen LogP contribution in [0, 0.1) is 14.9 Å². The summed E-state index contributed by atoms with van der Waals surface area (Å²) in [5.74, 6) is 0. The lowest BCUT2D eigenvalue weighted by molar-refractivity contribution is 0.883. The number of hydrogen-bond donors (Lipinski definition) is 1. The molecule has 1 unspecified atom stereocenters. The Labute approximate surface area is 121 Å². The Bertz CT molecular complexity index is 570. The highest BCUT2D eigenvalue weighted by Crippen LogP contribution is 2.23. The highest BCUT2D eigenvalue weighted by molar-refractivity contribution is 14.1. The summed E-state index contributed by atoms with van der Waals surface area (Å²) in [6.07, 6.45) is 0. The summed E-state index contributed by atoms with van der Waals surface area (Å²) in [6, 6.07) is 18.2. The SMILES string of the molecule is CC(Nc1ccccc1I)c1ccc(C#N)cc1. The van der Waals surface area contributed by atoms with E-state index in [1.165, 1.54) is 9.13 Å². The van der Waals surface area contributed by atoms with Gasteiger partial charge in [0.15, 0.2) is 0 Å². The van der Waals surface area contributed by atoms with Gasteiger partial charge in [-0.1, -0.05) is 24.3 Å². The molecule has 0 aliphatic carbocycles. The van der Waals surface area contributed by atoms with Crippen molar-refractivity contribution in [2.24, 2.45) is 0 Å². The molecule has 0 amide bonds. The van der Waals surface area contributed by atoms with Gasteiger partial charge < -0.3 is 5.32 Å². The molecule has 0 aromatic heterocycles. The summed E-state index contributed by atoms with van der Waals surface area (Å²) in [5, 5.41) is 12.2. The highest BCUT2D eigenvalue weighted by Gasteiger charge is 2.06. The first-order valence-corrected chi connectivity index (χ1v) is 6.79. The number of nitriles is 1. The van der Waals surface area contributed by atoms with Crippen molar-refractivity contribution in [2.75, 3.05) is 5.32 Å². The third-order valence-corrected chi connectivity index (χ3v) is 3.73. The van der Waals surface area contributed by atoms with Gasteiger partial charge in [-0.3, -0.25) is 0 Å². The zero-order chi connectivity index (χ0) is 13.0. The molecular formula is C15H13IN2. The topological polar surface area (TPSA) is 35.8 Å². The molecule has 0 saturated heterocycles. The molecule has 0 spiro atoms. The fraction of sp³-hybridized carbons (Fsp3) is 0.133. The van der Waals surface area contributed by atoms with Crippen molar-refractivity contribution in [1.29, 1.82) is 5.26 Å². The molecule has 0 aliphatic heterocycles. The Hall–Kier alpha value is -1.54. The molecule has 3 heteroatoms. The number of halogens is 1. The number of para-hydroxylation sites is 1. The Balaban J connectivity index is 2.15. The number of benzene rings is 2. The molecule has 0 bridgehead atoms. The van der Waals surface area contributed by atoms with Crippen LogP contribution in [-0.2, 0) is 0 Å². The predicted molar refractivity (Wildman–Crippen MR) is 82.4 cm³/mol. The van der Waals surface area contributed by atoms with Crippen molar-refractivity contribution >= 4 is 28.3 Å². The van der Waals surface area contributed by atoms with E-state index in [0.29, 0.717) is 5.56 Å². The van der Waals surface area contributed by atoms with Crippen LogP contribution in [-0.4, -0.2) is 0 Å². The summed E-state index contributed by atoms with van der Waals surface area (Å²) in [6.45, 7) is 2.12. The summed E-state index contributed by atoms with van der Waals surface area (Å²) in [5.41, 5.74) is 3.00. The molecule has 0 radical (unpaired) electrons. The first-order chi connectivity index (χ1) is 8.70. The van der Waals surface area contributed by atoms with Crippen molar-refractivity contribution in [2.45, 2.75) is 13.0 Å². The third-order valence-electron chi connectivity index (χ3n) is 2.79. The van der Waals surface area contributed by atoms with Gasteiger partial charge in [0.25, 0.3) is 0 Å². The van der Waals surface area contributed by atoms with E-state index in [2.05, 4.69) is 53.0 Å². The van der Waals surface area contributed by atoms with Gasteiger partial charge in [-0.05, 0) is 59.3 Å². The van der Waals surface area contributed by atoms with Crippen LogP contribution >= 0.6 is 22.6 Å². The molecule has 2 nitrogen and oxygen atoms in total. The van der Waals surface area contributed by atoms with Crippen LogP contribution < -0.4 is 5.32 Å². The van der Waals surface area contributed by atoms with Crippen molar-refractivity contribution < 1.29 is 0 Å². The van der Waals surface area contributed by atoms with E-state index >= 15 is 0 Å². The average molecular weight is 348 g/mol. The van der Waals surface area contributed by atoms with E-state index in [4.69, 9.17) is 5.26 Å². The maximum Gasteiger partial charge on any atom is 0.0991 e. The van der Waals surface area contributed by atoms with E-state index in [9.17, 15) is 0 Å². The third kappa shape index (κ3) is 3.02. The fourth-order valence-corrected chi connectivity index (χ4v) is 2.28. The van der Waals surface area contributed by atoms with Crippen LogP contribution in [0.1, 0.15) is 24.1 Å². The van der Waals surface area contributed by atoms with Gasteiger partial charge in [-0.2, -0.15) is 5.26 Å². The van der Waals surface area contributed by atoms with Crippen LogP contribution in [0.25, 0.3) is 0 Å². The van der Waals surface area contributed by atoms with Crippen molar-refractivity contribution in [3.05, 3.63) is 63.2 Å². The maximum absolute atomic E-state index is 8.77. The molecule has 0 saturated carbocycles. The van der Waals surface area contributed by atoms with E-state index in [1.807, 2.05) is 36.4 Å². The Morgan fingerprint density at radius 1 is 1.11 bits per heavy atom. The summed E-state index contributed by atoms with van der Waals surface area (Å²) >= 11 is 2.32. The minimum Gasteiger partial charge on any atom is -0.378 e. The lowest BCUT2D eigenvalue weighted by Crippen LogP contribution is -2.07. The number of anilines is 1. The Kier molecular flexibility index (Phi) is 4.21. The molecular weight excluding hydrogens is 335 g/mol. The van der Waals surface area contributed by atoms with Gasteiger partial charge in [-0.15, -0.1) is 0 Å². The zero-order valence-corrected chi connectivity index (χ0v) is 12.2. The minimum absolute atomic E-state index is 0.216. The van der Waals surface area contributed by atoms with Gasteiger partial charge in [0.1, 0.15) is 0 Å². The molecule has 90 valence electrons. The molecule has 2 aromatic rings. The van der Waals surface area contributed by atoms with Gasteiger partial charge in [-0.25, -0.2) is 0 Å². The van der Waals surface area contributed by atoms with Crippen molar-refractivity contribution in [3.63, 3.8) is 0 Å². The van der Waals surface area contributed by atoms with Crippen molar-refractivity contribution in [3.8, 4) is 6.07 Å². The highest BCUT2D eigenvalue weighted by atomic mass is 127. The van der Waals surface area contributed by atoms with E-state index < -0.39 is 0 Å². The van der Waals surface area contributed by atoms with Gasteiger partial charge >= 0.3 is 0 Å². The number of rotatable bonds is 3. The monoisotopic (exact) mass is 348 g/mol.